The fraction of sp³-hybridized carbons (Fsp3) is 0.571. The SMILES string of the molecule is CCS(=O)(=O)N(C)Cc1c2c(cc3c1OCC3)OCC2. The Kier molecular flexibility index (Phi) is 3.38. The lowest BCUT2D eigenvalue weighted by molar-refractivity contribution is 0.348. The van der Waals surface area contributed by atoms with E-state index in [2.05, 4.69) is 0 Å². The molecule has 1 aromatic carbocycles. The van der Waals surface area contributed by atoms with E-state index >= 15 is 0 Å². The van der Waals surface area contributed by atoms with Crippen molar-refractivity contribution in [1.29, 1.82) is 0 Å². The number of benzene rings is 1. The highest BCUT2D eigenvalue weighted by molar-refractivity contribution is 7.89. The smallest absolute Gasteiger partial charge is 0.213 e. The van der Waals surface area contributed by atoms with E-state index in [9.17, 15) is 8.42 Å². The zero-order valence-electron chi connectivity index (χ0n) is 11.8. The fourth-order valence-electron chi connectivity index (χ4n) is 2.79. The molecule has 0 aliphatic carbocycles. The first-order valence-electron chi connectivity index (χ1n) is 6.90. The Balaban J connectivity index is 2.01. The summed E-state index contributed by atoms with van der Waals surface area (Å²) in [5.41, 5.74) is 3.21. The molecule has 20 heavy (non-hydrogen) atoms. The molecule has 6 heteroatoms. The van der Waals surface area contributed by atoms with Crippen molar-refractivity contribution >= 4 is 10.0 Å². The molecule has 0 bridgehead atoms. The van der Waals surface area contributed by atoms with E-state index in [0.717, 1.165) is 41.0 Å². The lowest BCUT2D eigenvalue weighted by atomic mass is 9.99. The highest BCUT2D eigenvalue weighted by atomic mass is 32.2. The van der Waals surface area contributed by atoms with E-state index in [0.29, 0.717) is 19.8 Å². The second-order valence-electron chi connectivity index (χ2n) is 5.17. The maximum absolute atomic E-state index is 12.0. The fourth-order valence-corrected chi connectivity index (χ4v) is 3.56. The molecule has 0 saturated carbocycles. The molecule has 2 aliphatic heterocycles. The second kappa shape index (κ2) is 4.93. The summed E-state index contributed by atoms with van der Waals surface area (Å²) in [5.74, 6) is 1.87. The molecule has 0 N–H and O–H groups in total. The van der Waals surface area contributed by atoms with Gasteiger partial charge in [-0.15, -0.1) is 0 Å². The van der Waals surface area contributed by atoms with E-state index in [1.54, 1.807) is 14.0 Å². The van der Waals surface area contributed by atoms with Crippen LogP contribution in [0.15, 0.2) is 6.07 Å². The summed E-state index contributed by atoms with van der Waals surface area (Å²) in [7, 11) is -1.57. The van der Waals surface area contributed by atoms with Crippen LogP contribution in [0, 0.1) is 0 Å². The predicted molar refractivity (Wildman–Crippen MR) is 75.8 cm³/mol. The average Bonchev–Trinajstić information content (AvgIpc) is 3.06. The van der Waals surface area contributed by atoms with Crippen LogP contribution in [0.5, 0.6) is 11.5 Å². The summed E-state index contributed by atoms with van der Waals surface area (Å²) >= 11 is 0. The van der Waals surface area contributed by atoms with E-state index < -0.39 is 10.0 Å². The van der Waals surface area contributed by atoms with Gasteiger partial charge in [-0.3, -0.25) is 0 Å². The topological polar surface area (TPSA) is 55.8 Å². The van der Waals surface area contributed by atoms with Crippen LogP contribution in [0.25, 0.3) is 0 Å². The molecule has 5 nitrogen and oxygen atoms in total. The average molecular weight is 297 g/mol. The standard InChI is InChI=1S/C14H19NO4S/c1-3-20(16,17)15(2)9-12-11-5-7-18-13(11)8-10-4-6-19-14(10)12/h8H,3-7,9H2,1-2H3. The Labute approximate surface area is 119 Å². The predicted octanol–water partition coefficient (Wildman–Crippen LogP) is 1.34. The molecule has 0 amide bonds. The Bertz CT molecular complexity index is 607. The van der Waals surface area contributed by atoms with E-state index in [-0.39, 0.29) is 5.75 Å². The van der Waals surface area contributed by atoms with E-state index in [4.69, 9.17) is 9.47 Å². The van der Waals surface area contributed by atoms with Gasteiger partial charge in [0.05, 0.1) is 19.0 Å². The van der Waals surface area contributed by atoms with Crippen LogP contribution in [0.2, 0.25) is 0 Å². The van der Waals surface area contributed by atoms with Crippen molar-refractivity contribution in [3.05, 3.63) is 22.8 Å². The van der Waals surface area contributed by atoms with Crippen LogP contribution in [-0.4, -0.2) is 38.7 Å². The van der Waals surface area contributed by atoms with Crippen molar-refractivity contribution in [2.24, 2.45) is 0 Å². The molecule has 0 aromatic heterocycles. The summed E-state index contributed by atoms with van der Waals surface area (Å²) in [6.07, 6.45) is 1.69. The Morgan fingerprint density at radius 3 is 2.75 bits per heavy atom. The molecular formula is C14H19NO4S. The van der Waals surface area contributed by atoms with Gasteiger partial charge in [-0.1, -0.05) is 0 Å². The van der Waals surface area contributed by atoms with Gasteiger partial charge in [0.15, 0.2) is 0 Å². The van der Waals surface area contributed by atoms with Gasteiger partial charge in [0.1, 0.15) is 11.5 Å². The lowest BCUT2D eigenvalue weighted by Crippen LogP contribution is -2.28. The summed E-state index contributed by atoms with van der Waals surface area (Å²) in [6.45, 7) is 3.33. The first-order valence-corrected chi connectivity index (χ1v) is 8.51. The van der Waals surface area contributed by atoms with Crippen molar-refractivity contribution in [2.45, 2.75) is 26.3 Å². The molecule has 0 unspecified atom stereocenters. The molecule has 2 heterocycles. The zero-order chi connectivity index (χ0) is 14.3. The summed E-state index contributed by atoms with van der Waals surface area (Å²) in [5, 5.41) is 0. The highest BCUT2D eigenvalue weighted by Crippen LogP contribution is 2.41. The number of fused-ring (bicyclic) bond motifs is 2. The number of rotatable bonds is 4. The number of nitrogens with zero attached hydrogens (tertiary/aromatic N) is 1. The number of sulfonamides is 1. The molecule has 3 rings (SSSR count). The van der Waals surface area contributed by atoms with Crippen molar-refractivity contribution < 1.29 is 17.9 Å². The van der Waals surface area contributed by atoms with E-state index in [1.807, 2.05) is 6.07 Å². The lowest BCUT2D eigenvalue weighted by Gasteiger charge is -2.19. The largest absolute Gasteiger partial charge is 0.493 e. The maximum atomic E-state index is 12.0. The van der Waals surface area contributed by atoms with Gasteiger partial charge in [-0.05, 0) is 13.0 Å². The van der Waals surface area contributed by atoms with Crippen molar-refractivity contribution in [3.8, 4) is 11.5 Å². The van der Waals surface area contributed by atoms with Gasteiger partial charge in [-0.2, -0.15) is 0 Å². The van der Waals surface area contributed by atoms with Crippen LogP contribution in [0.4, 0.5) is 0 Å². The summed E-state index contributed by atoms with van der Waals surface area (Å²) < 4.78 is 36.7. The van der Waals surface area contributed by atoms with Gasteiger partial charge in [0.25, 0.3) is 0 Å². The van der Waals surface area contributed by atoms with Gasteiger partial charge in [-0.25, -0.2) is 12.7 Å². The highest BCUT2D eigenvalue weighted by Gasteiger charge is 2.28. The van der Waals surface area contributed by atoms with Crippen LogP contribution in [0.1, 0.15) is 23.6 Å². The van der Waals surface area contributed by atoms with Crippen LogP contribution in [-0.2, 0) is 29.4 Å². The number of ether oxygens (including phenoxy) is 2. The molecule has 0 radical (unpaired) electrons. The monoisotopic (exact) mass is 297 g/mol. The molecule has 0 spiro atoms. The third-order valence-electron chi connectivity index (χ3n) is 3.98. The minimum absolute atomic E-state index is 0.109. The van der Waals surface area contributed by atoms with E-state index in [1.165, 1.54) is 4.31 Å². The van der Waals surface area contributed by atoms with Crippen LogP contribution >= 0.6 is 0 Å². The first-order chi connectivity index (χ1) is 9.53. The molecule has 110 valence electrons. The third kappa shape index (κ3) is 2.16. The third-order valence-corrected chi connectivity index (χ3v) is 5.79. The summed E-state index contributed by atoms with van der Waals surface area (Å²) in [6, 6.07) is 2.04. The minimum atomic E-state index is -3.19. The number of hydrogen-bond donors (Lipinski definition) is 0. The van der Waals surface area contributed by atoms with Crippen molar-refractivity contribution in [2.75, 3.05) is 26.0 Å². The van der Waals surface area contributed by atoms with Gasteiger partial charge in [0, 0.05) is 43.1 Å². The zero-order valence-corrected chi connectivity index (χ0v) is 12.6. The second-order valence-corrected chi connectivity index (χ2v) is 7.54. The Morgan fingerprint density at radius 2 is 2.00 bits per heavy atom. The van der Waals surface area contributed by atoms with Crippen molar-refractivity contribution in [3.63, 3.8) is 0 Å². The molecule has 0 fully saturated rings. The molecule has 0 atom stereocenters. The maximum Gasteiger partial charge on any atom is 0.213 e. The summed E-state index contributed by atoms with van der Waals surface area (Å²) in [4.78, 5) is 0. The van der Waals surface area contributed by atoms with Gasteiger partial charge >= 0.3 is 0 Å². The first kappa shape index (κ1) is 13.7. The molecule has 0 saturated heterocycles. The normalized spacial score (nSPS) is 16.8. The van der Waals surface area contributed by atoms with Gasteiger partial charge < -0.3 is 9.47 Å². The molecular weight excluding hydrogens is 278 g/mol. The van der Waals surface area contributed by atoms with Crippen LogP contribution < -0.4 is 9.47 Å². The minimum Gasteiger partial charge on any atom is -0.493 e. The number of hydrogen-bond acceptors (Lipinski definition) is 4. The quantitative estimate of drug-likeness (QED) is 0.841. The van der Waals surface area contributed by atoms with Gasteiger partial charge in [0.2, 0.25) is 10.0 Å². The van der Waals surface area contributed by atoms with Crippen molar-refractivity contribution in [1.82, 2.24) is 4.31 Å². The van der Waals surface area contributed by atoms with Crippen LogP contribution in [0.3, 0.4) is 0 Å². The molecule has 2 aliphatic rings. The Hall–Kier alpha value is -1.27. The Morgan fingerprint density at radius 1 is 1.25 bits per heavy atom. The molecule has 1 aromatic rings.